The molecule has 1 heterocycles. The van der Waals surface area contributed by atoms with Gasteiger partial charge in [0.2, 0.25) is 0 Å². The van der Waals surface area contributed by atoms with Crippen molar-refractivity contribution in [2.75, 3.05) is 19.4 Å². The van der Waals surface area contributed by atoms with E-state index in [2.05, 4.69) is 31.4 Å². The molecule has 2 N–H and O–H groups in total. The highest BCUT2D eigenvalue weighted by molar-refractivity contribution is 14.0. The van der Waals surface area contributed by atoms with Crippen LogP contribution in [0.3, 0.4) is 0 Å². The van der Waals surface area contributed by atoms with E-state index < -0.39 is 9.84 Å². The first-order valence-corrected chi connectivity index (χ1v) is 11.5. The summed E-state index contributed by atoms with van der Waals surface area (Å²) < 4.78 is 29.4. The molecule has 1 aliphatic carbocycles. The lowest BCUT2D eigenvalue weighted by Crippen LogP contribution is -2.67. The minimum Gasteiger partial charge on any atom is -0.377 e. The lowest BCUT2D eigenvalue weighted by Gasteiger charge is -2.54. The Labute approximate surface area is 185 Å². The first kappa shape index (κ1) is 23.4. The molecule has 2 aliphatic rings. The van der Waals surface area contributed by atoms with Crippen molar-refractivity contribution in [2.24, 2.45) is 16.3 Å². The third-order valence-corrected chi connectivity index (χ3v) is 7.05. The van der Waals surface area contributed by atoms with Crippen LogP contribution in [0.5, 0.6) is 0 Å². The Balaban J connectivity index is 0.00000280. The summed E-state index contributed by atoms with van der Waals surface area (Å²) in [5.41, 5.74) is 1.84. The Morgan fingerprint density at radius 2 is 2.07 bits per heavy atom. The van der Waals surface area contributed by atoms with Crippen molar-refractivity contribution in [2.45, 2.75) is 57.7 Å². The van der Waals surface area contributed by atoms with Crippen molar-refractivity contribution in [3.05, 3.63) is 29.3 Å². The summed E-state index contributed by atoms with van der Waals surface area (Å²) >= 11 is 0. The summed E-state index contributed by atoms with van der Waals surface area (Å²) in [7, 11) is -3.20. The van der Waals surface area contributed by atoms with E-state index in [4.69, 9.17) is 9.73 Å². The van der Waals surface area contributed by atoms with Crippen molar-refractivity contribution < 1.29 is 13.2 Å². The van der Waals surface area contributed by atoms with Gasteiger partial charge >= 0.3 is 0 Å². The molecule has 3 atom stereocenters. The quantitative estimate of drug-likeness (QED) is 0.354. The highest BCUT2D eigenvalue weighted by Crippen LogP contribution is 2.52. The molecule has 0 amide bonds. The summed E-state index contributed by atoms with van der Waals surface area (Å²) in [6.07, 6.45) is 2.67. The normalized spacial score (nSPS) is 26.0. The molecule has 0 bridgehead atoms. The van der Waals surface area contributed by atoms with E-state index in [9.17, 15) is 8.42 Å². The van der Waals surface area contributed by atoms with Crippen LogP contribution in [-0.4, -0.2) is 45.9 Å². The van der Waals surface area contributed by atoms with Gasteiger partial charge in [-0.25, -0.2) is 13.4 Å². The molecule has 1 aliphatic heterocycles. The Hall–Kier alpha value is -0.870. The summed E-state index contributed by atoms with van der Waals surface area (Å²) in [4.78, 5) is 5.10. The first-order valence-electron chi connectivity index (χ1n) is 9.60. The number of benzene rings is 1. The fourth-order valence-electron chi connectivity index (χ4n) is 4.48. The molecule has 3 rings (SSSR count). The number of rotatable bonds is 5. The van der Waals surface area contributed by atoms with Gasteiger partial charge in [0, 0.05) is 36.8 Å². The van der Waals surface area contributed by atoms with E-state index in [-0.39, 0.29) is 29.4 Å². The van der Waals surface area contributed by atoms with Gasteiger partial charge in [-0.05, 0) is 37.5 Å². The van der Waals surface area contributed by atoms with Gasteiger partial charge in [0.1, 0.15) is 0 Å². The van der Waals surface area contributed by atoms with Crippen LogP contribution in [0.15, 0.2) is 28.1 Å². The fraction of sp³-hybridized carbons (Fsp3) is 0.650. The Kier molecular flexibility index (Phi) is 7.42. The number of halogens is 1. The number of nitrogens with one attached hydrogen (secondary N) is 2. The molecule has 1 aromatic carbocycles. The maximum Gasteiger partial charge on any atom is 0.191 e. The van der Waals surface area contributed by atoms with Crippen LogP contribution in [-0.2, 0) is 21.1 Å². The maximum absolute atomic E-state index is 11.8. The Morgan fingerprint density at radius 3 is 2.68 bits per heavy atom. The second kappa shape index (κ2) is 8.87. The zero-order chi connectivity index (χ0) is 19.8. The third-order valence-electron chi connectivity index (χ3n) is 5.80. The smallest absolute Gasteiger partial charge is 0.191 e. The second-order valence-electron chi connectivity index (χ2n) is 8.25. The highest BCUT2D eigenvalue weighted by atomic mass is 127. The van der Waals surface area contributed by atoms with Crippen molar-refractivity contribution >= 4 is 39.8 Å². The number of sulfone groups is 1. The molecule has 0 aromatic heterocycles. The Morgan fingerprint density at radius 1 is 1.36 bits per heavy atom. The van der Waals surface area contributed by atoms with Gasteiger partial charge in [-0.15, -0.1) is 24.0 Å². The highest BCUT2D eigenvalue weighted by Gasteiger charge is 2.59. The van der Waals surface area contributed by atoms with Crippen molar-refractivity contribution in [3.63, 3.8) is 0 Å². The molecule has 0 radical (unpaired) electrons. The molecule has 1 aromatic rings. The van der Waals surface area contributed by atoms with Crippen LogP contribution in [0.2, 0.25) is 0 Å². The summed E-state index contributed by atoms with van der Waals surface area (Å²) in [5, 5.41) is 6.92. The monoisotopic (exact) mass is 521 g/mol. The lowest BCUT2D eigenvalue weighted by atomic mass is 9.57. The SMILES string of the molecule is CCNC(=NCc1ccc(S(C)(=O)=O)c(C)c1)NC1C2CCOC2C1(C)C.I. The minimum absolute atomic E-state index is 0. The topological polar surface area (TPSA) is 79.8 Å². The van der Waals surface area contributed by atoms with Crippen LogP contribution < -0.4 is 10.6 Å². The molecule has 158 valence electrons. The van der Waals surface area contributed by atoms with Crippen molar-refractivity contribution in [1.29, 1.82) is 0 Å². The zero-order valence-electron chi connectivity index (χ0n) is 17.3. The summed E-state index contributed by atoms with van der Waals surface area (Å²) in [6.45, 7) is 10.5. The number of nitrogens with zero attached hydrogens (tertiary/aromatic N) is 1. The fourth-order valence-corrected chi connectivity index (χ4v) is 5.44. The predicted molar refractivity (Wildman–Crippen MR) is 123 cm³/mol. The lowest BCUT2D eigenvalue weighted by molar-refractivity contribution is -0.106. The van der Waals surface area contributed by atoms with Crippen molar-refractivity contribution in [3.8, 4) is 0 Å². The number of hydrogen-bond donors (Lipinski definition) is 2. The van der Waals surface area contributed by atoms with E-state index >= 15 is 0 Å². The van der Waals surface area contributed by atoms with Crippen LogP contribution in [0.4, 0.5) is 0 Å². The number of hydrogen-bond acceptors (Lipinski definition) is 4. The van der Waals surface area contributed by atoms with Crippen LogP contribution in [0, 0.1) is 18.3 Å². The second-order valence-corrected chi connectivity index (χ2v) is 10.2. The molecule has 3 unspecified atom stereocenters. The molecule has 8 heteroatoms. The number of fused-ring (bicyclic) bond motifs is 1. The third kappa shape index (κ3) is 4.64. The van der Waals surface area contributed by atoms with E-state index in [0.717, 1.165) is 36.7 Å². The van der Waals surface area contributed by atoms with Crippen LogP contribution in [0.25, 0.3) is 0 Å². The van der Waals surface area contributed by atoms with E-state index in [1.807, 2.05) is 19.1 Å². The van der Waals surface area contributed by atoms with Gasteiger partial charge in [0.25, 0.3) is 0 Å². The van der Waals surface area contributed by atoms with Gasteiger partial charge in [0.05, 0.1) is 17.5 Å². The molecular weight excluding hydrogens is 489 g/mol. The molecule has 2 fully saturated rings. The van der Waals surface area contributed by atoms with Gasteiger partial charge in [-0.3, -0.25) is 0 Å². The molecule has 28 heavy (non-hydrogen) atoms. The number of aliphatic imine (C=N–C) groups is 1. The van der Waals surface area contributed by atoms with Crippen LogP contribution >= 0.6 is 24.0 Å². The molecular formula is C20H32IN3O3S. The molecule has 6 nitrogen and oxygen atoms in total. The Bertz CT molecular complexity index is 839. The largest absolute Gasteiger partial charge is 0.377 e. The predicted octanol–water partition coefficient (Wildman–Crippen LogP) is 2.89. The van der Waals surface area contributed by atoms with Crippen LogP contribution in [0.1, 0.15) is 38.3 Å². The molecule has 1 saturated heterocycles. The summed E-state index contributed by atoms with van der Waals surface area (Å²) in [6, 6.07) is 5.75. The van der Waals surface area contributed by atoms with E-state index in [1.54, 1.807) is 6.07 Å². The number of guanidine groups is 1. The maximum atomic E-state index is 11.8. The average molecular weight is 521 g/mol. The minimum atomic E-state index is -3.20. The van der Waals surface area contributed by atoms with E-state index in [0.29, 0.717) is 29.5 Å². The van der Waals surface area contributed by atoms with Gasteiger partial charge in [-0.1, -0.05) is 26.0 Å². The first-order chi connectivity index (χ1) is 12.6. The molecule has 1 saturated carbocycles. The van der Waals surface area contributed by atoms with E-state index in [1.165, 1.54) is 6.26 Å². The zero-order valence-corrected chi connectivity index (χ0v) is 20.4. The van der Waals surface area contributed by atoms with Gasteiger partial charge in [-0.2, -0.15) is 0 Å². The number of aryl methyl sites for hydroxylation is 1. The van der Waals surface area contributed by atoms with Gasteiger partial charge in [0.15, 0.2) is 15.8 Å². The molecule has 0 spiro atoms. The van der Waals surface area contributed by atoms with Crippen molar-refractivity contribution in [1.82, 2.24) is 10.6 Å². The van der Waals surface area contributed by atoms with Gasteiger partial charge < -0.3 is 15.4 Å². The summed E-state index contributed by atoms with van der Waals surface area (Å²) in [5.74, 6) is 1.34. The average Bonchev–Trinajstić information content (AvgIpc) is 3.03. The standard InChI is InChI=1S/C20H31N3O3S.HI/c1-6-21-19(23-17-15-9-10-26-18(15)20(17,3)4)22-12-14-7-8-16(13(2)11-14)27(5,24)25;/h7-8,11,15,17-18H,6,9-10,12H2,1-5H3,(H2,21,22,23);1H. The number of ether oxygens (including phenoxy) is 1.